The third-order valence-electron chi connectivity index (χ3n) is 2.81. The van der Waals surface area contributed by atoms with E-state index in [-0.39, 0.29) is 31.9 Å². The molecule has 0 heterocycles. The summed E-state index contributed by atoms with van der Waals surface area (Å²) in [7, 11) is 0. The molecule has 0 amide bonds. The molecule has 2 nitrogen and oxygen atoms in total. The molecule has 0 aliphatic rings. The number of halogens is 4. The van der Waals surface area contributed by atoms with Crippen molar-refractivity contribution in [3.63, 3.8) is 0 Å². The molecule has 2 rings (SSSR count). The second-order valence-corrected chi connectivity index (χ2v) is 5.46. The fourth-order valence-corrected chi connectivity index (χ4v) is 2.30. The number of hydrogen-bond acceptors (Lipinski definition) is 2. The summed E-state index contributed by atoms with van der Waals surface area (Å²) in [6.07, 6.45) is 0. The highest BCUT2D eigenvalue weighted by atomic mass is 35.5. The van der Waals surface area contributed by atoms with E-state index >= 15 is 0 Å². The molecule has 20 heavy (non-hydrogen) atoms. The molecule has 0 radical (unpaired) electrons. The predicted octanol–water partition coefficient (Wildman–Crippen LogP) is 4.91. The number of nitrogens with two attached hydrogens (primary N) is 1. The van der Waals surface area contributed by atoms with Crippen LogP contribution in [0, 0.1) is 12.7 Å². The number of hydrogen-bond donors (Lipinski definition) is 1. The normalized spacial score (nSPS) is 10.7. The van der Waals surface area contributed by atoms with E-state index in [0.717, 1.165) is 6.07 Å². The average Bonchev–Trinajstić information content (AvgIpc) is 2.38. The van der Waals surface area contributed by atoms with E-state index in [0.29, 0.717) is 5.56 Å². The van der Waals surface area contributed by atoms with Gasteiger partial charge in [0.05, 0.1) is 20.8 Å². The van der Waals surface area contributed by atoms with E-state index in [1.54, 1.807) is 6.92 Å². The van der Waals surface area contributed by atoms with E-state index in [4.69, 9.17) is 40.5 Å². The third-order valence-corrected chi connectivity index (χ3v) is 3.94. The Labute approximate surface area is 130 Å². The second kappa shape index (κ2) is 5.60. The maximum atomic E-state index is 13.4. The van der Waals surface area contributed by atoms with E-state index in [1.807, 2.05) is 0 Å². The van der Waals surface area contributed by atoms with Crippen LogP contribution in [0.5, 0.6) is 0 Å². The van der Waals surface area contributed by atoms with Gasteiger partial charge in [-0.15, -0.1) is 0 Å². The SMILES string of the molecule is Cc1cc(C(=O)c2cc(N)c(Cl)c(Cl)c2)c(Cl)cc1F. The van der Waals surface area contributed by atoms with Crippen molar-refractivity contribution >= 4 is 46.3 Å². The summed E-state index contributed by atoms with van der Waals surface area (Å²) in [4.78, 5) is 12.4. The summed E-state index contributed by atoms with van der Waals surface area (Å²) in [6.45, 7) is 1.55. The molecule has 0 aromatic heterocycles. The molecular formula is C14H9Cl3FNO. The summed E-state index contributed by atoms with van der Waals surface area (Å²) in [5.41, 5.74) is 6.61. The lowest BCUT2D eigenvalue weighted by Gasteiger charge is -2.08. The second-order valence-electron chi connectivity index (χ2n) is 4.27. The van der Waals surface area contributed by atoms with Crippen LogP contribution in [0.2, 0.25) is 15.1 Å². The first-order valence-electron chi connectivity index (χ1n) is 5.56. The van der Waals surface area contributed by atoms with Crippen molar-refractivity contribution in [1.82, 2.24) is 0 Å². The van der Waals surface area contributed by atoms with Crippen LogP contribution >= 0.6 is 34.8 Å². The number of rotatable bonds is 2. The maximum Gasteiger partial charge on any atom is 0.194 e. The topological polar surface area (TPSA) is 43.1 Å². The first kappa shape index (κ1) is 15.1. The molecule has 0 aliphatic heterocycles. The minimum absolute atomic E-state index is 0.0303. The summed E-state index contributed by atoms with van der Waals surface area (Å²) < 4.78 is 13.4. The van der Waals surface area contributed by atoms with Crippen molar-refractivity contribution in [2.45, 2.75) is 6.92 Å². The van der Waals surface area contributed by atoms with Gasteiger partial charge in [0.1, 0.15) is 5.82 Å². The van der Waals surface area contributed by atoms with Gasteiger partial charge in [-0.1, -0.05) is 34.8 Å². The predicted molar refractivity (Wildman–Crippen MR) is 80.5 cm³/mol. The van der Waals surface area contributed by atoms with E-state index < -0.39 is 11.6 Å². The standard InChI is InChI=1S/C14H9Cl3FNO/c1-6-2-8(9(15)5-11(6)18)14(20)7-3-10(16)13(17)12(19)4-7/h2-5H,19H2,1H3. The molecule has 0 unspecified atom stereocenters. The molecule has 0 atom stereocenters. The van der Waals surface area contributed by atoms with Gasteiger partial charge in [0.15, 0.2) is 5.78 Å². The molecular weight excluding hydrogens is 324 g/mol. The number of carbonyl (C=O) groups excluding carboxylic acids is 1. The molecule has 0 spiro atoms. The van der Waals surface area contributed by atoms with Gasteiger partial charge in [0.25, 0.3) is 0 Å². The van der Waals surface area contributed by atoms with E-state index in [9.17, 15) is 9.18 Å². The van der Waals surface area contributed by atoms with Crippen molar-refractivity contribution in [2.24, 2.45) is 0 Å². The summed E-state index contributed by atoms with van der Waals surface area (Å²) in [6, 6.07) is 5.30. The molecule has 2 aromatic rings. The maximum absolute atomic E-state index is 13.4. The largest absolute Gasteiger partial charge is 0.397 e. The zero-order valence-corrected chi connectivity index (χ0v) is 12.6. The quantitative estimate of drug-likeness (QED) is 0.627. The molecule has 0 fully saturated rings. The van der Waals surface area contributed by atoms with Gasteiger partial charge in [-0.3, -0.25) is 4.79 Å². The van der Waals surface area contributed by atoms with E-state index in [1.165, 1.54) is 18.2 Å². The molecule has 0 aliphatic carbocycles. The summed E-state index contributed by atoms with van der Waals surface area (Å²) >= 11 is 17.6. The first-order chi connectivity index (χ1) is 9.31. The van der Waals surface area contributed by atoms with Crippen molar-refractivity contribution in [3.05, 3.63) is 61.8 Å². The number of aryl methyl sites for hydroxylation is 1. The number of anilines is 1. The number of ketones is 1. The molecule has 6 heteroatoms. The van der Waals surface area contributed by atoms with Gasteiger partial charge in [-0.25, -0.2) is 4.39 Å². The Bertz CT molecular complexity index is 693. The van der Waals surface area contributed by atoms with Crippen molar-refractivity contribution < 1.29 is 9.18 Å². The highest BCUT2D eigenvalue weighted by molar-refractivity contribution is 6.44. The van der Waals surface area contributed by atoms with Crippen LogP contribution in [-0.4, -0.2) is 5.78 Å². The lowest BCUT2D eigenvalue weighted by Crippen LogP contribution is -2.05. The Morgan fingerprint density at radius 1 is 1.10 bits per heavy atom. The van der Waals surface area contributed by atoms with Gasteiger partial charge in [-0.05, 0) is 36.8 Å². The molecule has 0 saturated heterocycles. The number of carbonyl (C=O) groups is 1. The van der Waals surface area contributed by atoms with Crippen LogP contribution in [0.15, 0.2) is 24.3 Å². The van der Waals surface area contributed by atoms with Crippen LogP contribution < -0.4 is 5.73 Å². The number of benzene rings is 2. The Balaban J connectivity index is 2.55. The van der Waals surface area contributed by atoms with Crippen LogP contribution in [0.4, 0.5) is 10.1 Å². The Hall–Kier alpha value is -1.29. The lowest BCUT2D eigenvalue weighted by atomic mass is 10.0. The van der Waals surface area contributed by atoms with Gasteiger partial charge in [0.2, 0.25) is 0 Å². The van der Waals surface area contributed by atoms with Gasteiger partial charge < -0.3 is 5.73 Å². The Morgan fingerprint density at radius 3 is 2.35 bits per heavy atom. The van der Waals surface area contributed by atoms with Gasteiger partial charge in [-0.2, -0.15) is 0 Å². The lowest BCUT2D eigenvalue weighted by molar-refractivity contribution is 0.103. The van der Waals surface area contributed by atoms with Crippen molar-refractivity contribution in [1.29, 1.82) is 0 Å². The summed E-state index contributed by atoms with van der Waals surface area (Å²) in [5.74, 6) is -0.872. The molecule has 2 aromatic carbocycles. The molecule has 2 N–H and O–H groups in total. The van der Waals surface area contributed by atoms with Crippen molar-refractivity contribution in [3.8, 4) is 0 Å². The van der Waals surface area contributed by atoms with Crippen LogP contribution in [0.3, 0.4) is 0 Å². The molecule has 0 saturated carbocycles. The van der Waals surface area contributed by atoms with Crippen LogP contribution in [-0.2, 0) is 0 Å². The average molecular weight is 333 g/mol. The Morgan fingerprint density at radius 2 is 1.75 bits per heavy atom. The van der Waals surface area contributed by atoms with E-state index in [2.05, 4.69) is 0 Å². The zero-order chi connectivity index (χ0) is 15.0. The smallest absolute Gasteiger partial charge is 0.194 e. The van der Waals surface area contributed by atoms with Gasteiger partial charge >= 0.3 is 0 Å². The zero-order valence-electron chi connectivity index (χ0n) is 10.3. The van der Waals surface area contributed by atoms with Crippen LogP contribution in [0.1, 0.15) is 21.5 Å². The number of nitrogen functional groups attached to an aromatic ring is 1. The third kappa shape index (κ3) is 2.75. The fourth-order valence-electron chi connectivity index (χ4n) is 1.73. The molecule has 0 bridgehead atoms. The first-order valence-corrected chi connectivity index (χ1v) is 6.69. The minimum Gasteiger partial charge on any atom is -0.397 e. The molecule has 104 valence electrons. The fraction of sp³-hybridized carbons (Fsp3) is 0.0714. The minimum atomic E-state index is -0.472. The highest BCUT2D eigenvalue weighted by Gasteiger charge is 2.17. The Kier molecular flexibility index (Phi) is 4.23. The highest BCUT2D eigenvalue weighted by Crippen LogP contribution is 2.31. The van der Waals surface area contributed by atoms with Crippen molar-refractivity contribution in [2.75, 3.05) is 5.73 Å². The van der Waals surface area contributed by atoms with Crippen LogP contribution in [0.25, 0.3) is 0 Å². The monoisotopic (exact) mass is 331 g/mol. The summed E-state index contributed by atoms with van der Waals surface area (Å²) in [5, 5.41) is 0.386. The van der Waals surface area contributed by atoms with Gasteiger partial charge in [0, 0.05) is 11.1 Å².